The number of phenols is 1. The van der Waals surface area contributed by atoms with E-state index in [1.165, 1.54) is 0 Å². The van der Waals surface area contributed by atoms with Crippen LogP contribution in [0.1, 0.15) is 11.1 Å². The summed E-state index contributed by atoms with van der Waals surface area (Å²) in [5, 5.41) is 19.1. The Hall–Kier alpha value is -2.20. The summed E-state index contributed by atoms with van der Waals surface area (Å²) >= 11 is 0. The zero-order valence-electron chi connectivity index (χ0n) is 11.8. The SMILES string of the molecule is COc1cc(O)cc(OC)c1-c1cccc(CO)c1C. The predicted octanol–water partition coefficient (Wildman–Crippen LogP) is 2.88. The van der Waals surface area contributed by atoms with E-state index in [0.717, 1.165) is 22.3 Å². The van der Waals surface area contributed by atoms with E-state index in [4.69, 9.17) is 9.47 Å². The van der Waals surface area contributed by atoms with Gasteiger partial charge in [0.15, 0.2) is 0 Å². The summed E-state index contributed by atoms with van der Waals surface area (Å²) in [4.78, 5) is 0. The number of aromatic hydroxyl groups is 1. The second kappa shape index (κ2) is 5.84. The third-order valence-electron chi connectivity index (χ3n) is 3.38. The van der Waals surface area contributed by atoms with Gasteiger partial charge in [-0.05, 0) is 23.6 Å². The molecule has 2 aromatic rings. The number of ether oxygens (including phenoxy) is 2. The average Bonchev–Trinajstić information content (AvgIpc) is 2.47. The van der Waals surface area contributed by atoms with Gasteiger partial charge in [0.1, 0.15) is 17.2 Å². The fraction of sp³-hybridized carbons (Fsp3) is 0.250. The Labute approximate surface area is 118 Å². The summed E-state index contributed by atoms with van der Waals surface area (Å²) in [6.45, 7) is 1.91. The maximum Gasteiger partial charge on any atom is 0.134 e. The molecule has 0 bridgehead atoms. The third-order valence-corrected chi connectivity index (χ3v) is 3.38. The largest absolute Gasteiger partial charge is 0.508 e. The van der Waals surface area contributed by atoms with Crippen molar-refractivity contribution in [3.8, 4) is 28.4 Å². The molecule has 0 aliphatic carbocycles. The second-order valence-corrected chi connectivity index (χ2v) is 4.47. The summed E-state index contributed by atoms with van der Waals surface area (Å²) in [5.74, 6) is 1.14. The number of benzene rings is 2. The standard InChI is InChI=1S/C16H18O4/c1-10-11(9-17)5-4-6-13(10)16-14(19-2)7-12(18)8-15(16)20-3/h4-8,17-18H,9H2,1-3H3. The van der Waals surface area contributed by atoms with Crippen molar-refractivity contribution in [2.45, 2.75) is 13.5 Å². The lowest BCUT2D eigenvalue weighted by Gasteiger charge is -2.17. The van der Waals surface area contributed by atoms with E-state index in [-0.39, 0.29) is 12.4 Å². The zero-order chi connectivity index (χ0) is 14.7. The van der Waals surface area contributed by atoms with Gasteiger partial charge in [-0.1, -0.05) is 18.2 Å². The molecule has 0 saturated carbocycles. The quantitative estimate of drug-likeness (QED) is 0.900. The summed E-state index contributed by atoms with van der Waals surface area (Å²) in [7, 11) is 3.09. The Bertz CT molecular complexity index is 595. The Morgan fingerprint density at radius 2 is 1.65 bits per heavy atom. The first kappa shape index (κ1) is 14.2. The lowest BCUT2D eigenvalue weighted by atomic mass is 9.95. The molecule has 4 heteroatoms. The van der Waals surface area contributed by atoms with Gasteiger partial charge in [0.25, 0.3) is 0 Å². The first-order valence-corrected chi connectivity index (χ1v) is 6.27. The fourth-order valence-corrected chi connectivity index (χ4v) is 2.29. The summed E-state index contributed by atoms with van der Waals surface area (Å²) < 4.78 is 10.7. The predicted molar refractivity (Wildman–Crippen MR) is 77.3 cm³/mol. The molecular formula is C16H18O4. The van der Waals surface area contributed by atoms with Crippen molar-refractivity contribution in [3.63, 3.8) is 0 Å². The molecule has 0 spiro atoms. The van der Waals surface area contributed by atoms with Crippen LogP contribution in [0.5, 0.6) is 17.2 Å². The molecule has 106 valence electrons. The number of hydrogen-bond donors (Lipinski definition) is 2. The van der Waals surface area contributed by atoms with E-state index < -0.39 is 0 Å². The van der Waals surface area contributed by atoms with E-state index in [1.54, 1.807) is 26.4 Å². The van der Waals surface area contributed by atoms with Gasteiger partial charge >= 0.3 is 0 Å². The summed E-state index contributed by atoms with van der Waals surface area (Å²) in [5.41, 5.74) is 3.47. The minimum Gasteiger partial charge on any atom is -0.508 e. The third kappa shape index (κ3) is 2.42. The molecule has 0 saturated heterocycles. The smallest absolute Gasteiger partial charge is 0.134 e. The van der Waals surface area contributed by atoms with Crippen molar-refractivity contribution in [1.29, 1.82) is 0 Å². The van der Waals surface area contributed by atoms with Crippen LogP contribution in [-0.2, 0) is 6.61 Å². The molecule has 0 heterocycles. The Balaban J connectivity index is 2.74. The normalized spacial score (nSPS) is 10.4. The minimum absolute atomic E-state index is 0.0254. The van der Waals surface area contributed by atoms with Gasteiger partial charge < -0.3 is 19.7 Å². The molecule has 2 N–H and O–H groups in total. The van der Waals surface area contributed by atoms with E-state index in [9.17, 15) is 10.2 Å². The zero-order valence-corrected chi connectivity index (χ0v) is 11.8. The molecular weight excluding hydrogens is 256 g/mol. The van der Waals surface area contributed by atoms with Crippen molar-refractivity contribution < 1.29 is 19.7 Å². The number of methoxy groups -OCH3 is 2. The second-order valence-electron chi connectivity index (χ2n) is 4.47. The van der Waals surface area contributed by atoms with Crippen LogP contribution in [-0.4, -0.2) is 24.4 Å². The molecule has 0 aromatic heterocycles. The average molecular weight is 274 g/mol. The number of phenolic OH excluding ortho intramolecular Hbond substituents is 1. The van der Waals surface area contributed by atoms with Crippen molar-refractivity contribution in [1.82, 2.24) is 0 Å². The molecule has 0 aliphatic rings. The maximum atomic E-state index is 9.70. The van der Waals surface area contributed by atoms with Crippen LogP contribution < -0.4 is 9.47 Å². The highest BCUT2D eigenvalue weighted by atomic mass is 16.5. The van der Waals surface area contributed by atoms with Crippen LogP contribution in [0.3, 0.4) is 0 Å². The van der Waals surface area contributed by atoms with Crippen LogP contribution in [0.4, 0.5) is 0 Å². The highest BCUT2D eigenvalue weighted by Gasteiger charge is 2.17. The highest BCUT2D eigenvalue weighted by Crippen LogP contribution is 2.43. The molecule has 0 aliphatic heterocycles. The van der Waals surface area contributed by atoms with E-state index in [1.807, 2.05) is 25.1 Å². The lowest BCUT2D eigenvalue weighted by molar-refractivity contribution is 0.281. The summed E-state index contributed by atoms with van der Waals surface area (Å²) in [6.07, 6.45) is 0. The molecule has 0 radical (unpaired) electrons. The minimum atomic E-state index is -0.0254. The number of hydrogen-bond acceptors (Lipinski definition) is 4. The summed E-state index contributed by atoms with van der Waals surface area (Å²) in [6, 6.07) is 8.77. The molecule has 0 unspecified atom stereocenters. The maximum absolute atomic E-state index is 9.70. The van der Waals surface area contributed by atoms with Gasteiger partial charge in [-0.15, -0.1) is 0 Å². The van der Waals surface area contributed by atoms with Crippen LogP contribution in [0.25, 0.3) is 11.1 Å². The molecule has 0 amide bonds. The van der Waals surface area contributed by atoms with Crippen LogP contribution in [0.15, 0.2) is 30.3 Å². The van der Waals surface area contributed by atoms with E-state index in [0.29, 0.717) is 11.5 Å². The number of aliphatic hydroxyl groups is 1. The van der Waals surface area contributed by atoms with Gasteiger partial charge in [0, 0.05) is 12.1 Å². The van der Waals surface area contributed by atoms with Crippen LogP contribution in [0.2, 0.25) is 0 Å². The molecule has 20 heavy (non-hydrogen) atoms. The van der Waals surface area contributed by atoms with Gasteiger partial charge in [0.2, 0.25) is 0 Å². The molecule has 4 nitrogen and oxygen atoms in total. The van der Waals surface area contributed by atoms with Gasteiger partial charge in [0.05, 0.1) is 26.4 Å². The number of rotatable bonds is 4. The molecule has 0 fully saturated rings. The molecule has 2 rings (SSSR count). The molecule has 0 atom stereocenters. The topological polar surface area (TPSA) is 58.9 Å². The number of aliphatic hydroxyl groups excluding tert-OH is 1. The highest BCUT2D eigenvalue weighted by molar-refractivity contribution is 5.80. The van der Waals surface area contributed by atoms with E-state index in [2.05, 4.69) is 0 Å². The van der Waals surface area contributed by atoms with Crippen LogP contribution >= 0.6 is 0 Å². The van der Waals surface area contributed by atoms with Crippen molar-refractivity contribution >= 4 is 0 Å². The first-order chi connectivity index (χ1) is 9.62. The van der Waals surface area contributed by atoms with Crippen molar-refractivity contribution in [2.24, 2.45) is 0 Å². The Kier molecular flexibility index (Phi) is 4.15. The van der Waals surface area contributed by atoms with Gasteiger partial charge in [-0.3, -0.25) is 0 Å². The van der Waals surface area contributed by atoms with Gasteiger partial charge in [-0.2, -0.15) is 0 Å². The van der Waals surface area contributed by atoms with Crippen LogP contribution in [0, 0.1) is 6.92 Å². The lowest BCUT2D eigenvalue weighted by Crippen LogP contribution is -1.97. The van der Waals surface area contributed by atoms with E-state index >= 15 is 0 Å². The Morgan fingerprint density at radius 3 is 2.15 bits per heavy atom. The first-order valence-electron chi connectivity index (χ1n) is 6.27. The fourth-order valence-electron chi connectivity index (χ4n) is 2.29. The monoisotopic (exact) mass is 274 g/mol. The molecule has 2 aromatic carbocycles. The van der Waals surface area contributed by atoms with Crippen molar-refractivity contribution in [2.75, 3.05) is 14.2 Å². The van der Waals surface area contributed by atoms with Crippen molar-refractivity contribution in [3.05, 3.63) is 41.5 Å². The van der Waals surface area contributed by atoms with Gasteiger partial charge in [-0.25, -0.2) is 0 Å². The Morgan fingerprint density at radius 1 is 1.05 bits per heavy atom.